The normalized spacial score (nSPS) is 13.7. The molecular formula is C13H18N2O3. The van der Waals surface area contributed by atoms with Crippen molar-refractivity contribution < 1.29 is 14.7 Å². The number of aliphatic hydroxyl groups is 1. The summed E-state index contributed by atoms with van der Waals surface area (Å²) in [6.45, 7) is 3.35. The molecule has 0 spiro atoms. The van der Waals surface area contributed by atoms with Crippen molar-refractivity contribution in [2.45, 2.75) is 25.9 Å². The first kappa shape index (κ1) is 14.2. The fraction of sp³-hybridized carbons (Fsp3) is 0.385. The molecule has 0 aliphatic heterocycles. The predicted octanol–water partition coefficient (Wildman–Crippen LogP) is 0.519. The highest BCUT2D eigenvalue weighted by atomic mass is 16.3. The van der Waals surface area contributed by atoms with Gasteiger partial charge in [-0.1, -0.05) is 19.1 Å². The van der Waals surface area contributed by atoms with Gasteiger partial charge in [0, 0.05) is 5.56 Å². The highest BCUT2D eigenvalue weighted by Crippen LogP contribution is 2.24. The van der Waals surface area contributed by atoms with Gasteiger partial charge < -0.3 is 16.2 Å². The molecule has 0 bridgehead atoms. The number of benzene rings is 1. The van der Waals surface area contributed by atoms with E-state index in [1.165, 1.54) is 0 Å². The topological polar surface area (TPSA) is 92.4 Å². The minimum Gasteiger partial charge on any atom is -0.385 e. The van der Waals surface area contributed by atoms with Crippen LogP contribution in [0.2, 0.25) is 0 Å². The quantitative estimate of drug-likeness (QED) is 0.711. The lowest BCUT2D eigenvalue weighted by molar-refractivity contribution is -0.117. The lowest BCUT2D eigenvalue weighted by atomic mass is 9.92. The van der Waals surface area contributed by atoms with Crippen molar-refractivity contribution in [3.05, 3.63) is 35.4 Å². The highest BCUT2D eigenvalue weighted by molar-refractivity contribution is 5.96. The Morgan fingerprint density at radius 2 is 2.11 bits per heavy atom. The molecule has 4 N–H and O–H groups in total. The summed E-state index contributed by atoms with van der Waals surface area (Å²) in [5.74, 6) is -0.984. The number of hydrogen-bond acceptors (Lipinski definition) is 3. The molecule has 5 nitrogen and oxygen atoms in total. The highest BCUT2D eigenvalue weighted by Gasteiger charge is 2.21. The number of carbonyl (C=O) groups excluding carboxylic acids is 2. The van der Waals surface area contributed by atoms with Crippen LogP contribution in [0.1, 0.15) is 36.2 Å². The van der Waals surface area contributed by atoms with Gasteiger partial charge in [-0.25, -0.2) is 0 Å². The lowest BCUT2D eigenvalue weighted by Crippen LogP contribution is -2.33. The predicted molar refractivity (Wildman–Crippen MR) is 67.8 cm³/mol. The van der Waals surface area contributed by atoms with Crippen LogP contribution in [0.4, 0.5) is 0 Å². The number of nitrogens with one attached hydrogen (secondary N) is 1. The minimum atomic E-state index is -0.972. The zero-order chi connectivity index (χ0) is 13.8. The first-order chi connectivity index (χ1) is 8.36. The molecule has 1 unspecified atom stereocenters. The number of hydrogen-bond donors (Lipinski definition) is 3. The smallest absolute Gasteiger partial charge is 0.251 e. The standard InChI is InChI=1S/C13H18N2O3/c1-3-13(2,18)10-6-4-5-9(7-10)12(17)15-8-11(14)16/h4-7,18H,3,8H2,1-2H3,(H2,14,16)(H,15,17). The molecule has 0 aromatic heterocycles. The summed E-state index contributed by atoms with van der Waals surface area (Å²) >= 11 is 0. The van der Waals surface area contributed by atoms with E-state index in [0.717, 1.165) is 0 Å². The fourth-order valence-electron chi connectivity index (χ4n) is 1.47. The third kappa shape index (κ3) is 3.56. The van der Waals surface area contributed by atoms with Gasteiger partial charge in [0.05, 0.1) is 12.1 Å². The first-order valence-electron chi connectivity index (χ1n) is 5.76. The Morgan fingerprint density at radius 3 is 2.67 bits per heavy atom. The van der Waals surface area contributed by atoms with Crippen molar-refractivity contribution in [1.82, 2.24) is 5.32 Å². The van der Waals surface area contributed by atoms with E-state index in [1.54, 1.807) is 31.2 Å². The lowest BCUT2D eigenvalue weighted by Gasteiger charge is -2.22. The van der Waals surface area contributed by atoms with E-state index < -0.39 is 11.5 Å². The zero-order valence-electron chi connectivity index (χ0n) is 10.6. The third-order valence-electron chi connectivity index (χ3n) is 2.86. The molecule has 98 valence electrons. The second-order valence-electron chi connectivity index (χ2n) is 4.36. The van der Waals surface area contributed by atoms with Crippen LogP contribution >= 0.6 is 0 Å². The molecule has 2 amide bonds. The molecule has 0 saturated carbocycles. The van der Waals surface area contributed by atoms with E-state index in [1.807, 2.05) is 6.92 Å². The van der Waals surface area contributed by atoms with Gasteiger partial charge >= 0.3 is 0 Å². The Morgan fingerprint density at radius 1 is 1.44 bits per heavy atom. The molecule has 0 aliphatic carbocycles. The summed E-state index contributed by atoms with van der Waals surface area (Å²) in [7, 11) is 0. The van der Waals surface area contributed by atoms with Gasteiger partial charge in [0.15, 0.2) is 0 Å². The molecule has 1 atom stereocenters. The number of rotatable bonds is 5. The van der Waals surface area contributed by atoms with Gasteiger partial charge in [0.1, 0.15) is 0 Å². The van der Waals surface area contributed by atoms with Crippen LogP contribution in [0.5, 0.6) is 0 Å². The molecule has 0 heterocycles. The van der Waals surface area contributed by atoms with E-state index in [2.05, 4.69) is 5.32 Å². The van der Waals surface area contributed by atoms with E-state index in [0.29, 0.717) is 17.5 Å². The van der Waals surface area contributed by atoms with E-state index >= 15 is 0 Å². The Kier molecular flexibility index (Phi) is 4.44. The monoisotopic (exact) mass is 250 g/mol. The molecule has 0 fully saturated rings. The Bertz CT molecular complexity index is 455. The summed E-state index contributed by atoms with van der Waals surface area (Å²) in [5, 5.41) is 12.5. The van der Waals surface area contributed by atoms with Gasteiger partial charge in [-0.2, -0.15) is 0 Å². The van der Waals surface area contributed by atoms with Crippen LogP contribution in [-0.4, -0.2) is 23.5 Å². The first-order valence-corrected chi connectivity index (χ1v) is 5.76. The van der Waals surface area contributed by atoms with Gasteiger partial charge in [0.25, 0.3) is 5.91 Å². The number of nitrogens with two attached hydrogens (primary N) is 1. The average Bonchev–Trinajstić information content (AvgIpc) is 2.36. The number of primary amides is 1. The molecule has 0 radical (unpaired) electrons. The molecular weight excluding hydrogens is 232 g/mol. The fourth-order valence-corrected chi connectivity index (χ4v) is 1.47. The summed E-state index contributed by atoms with van der Waals surface area (Å²) in [6, 6.07) is 6.68. The molecule has 5 heteroatoms. The molecule has 0 aliphatic rings. The van der Waals surface area contributed by atoms with Gasteiger partial charge in [-0.05, 0) is 31.0 Å². The van der Waals surface area contributed by atoms with Crippen molar-refractivity contribution in [2.24, 2.45) is 5.73 Å². The second kappa shape index (κ2) is 5.64. The largest absolute Gasteiger partial charge is 0.385 e. The summed E-state index contributed by atoms with van der Waals surface area (Å²) < 4.78 is 0. The SMILES string of the molecule is CCC(C)(O)c1cccc(C(=O)NCC(N)=O)c1. The minimum absolute atomic E-state index is 0.201. The van der Waals surface area contributed by atoms with Crippen LogP contribution in [0.3, 0.4) is 0 Å². The van der Waals surface area contributed by atoms with Crippen molar-refractivity contribution in [3.63, 3.8) is 0 Å². The number of carbonyl (C=O) groups is 2. The zero-order valence-corrected chi connectivity index (χ0v) is 10.6. The Labute approximate surface area is 106 Å². The number of amides is 2. The average molecular weight is 250 g/mol. The van der Waals surface area contributed by atoms with E-state index in [4.69, 9.17) is 5.73 Å². The van der Waals surface area contributed by atoms with Crippen molar-refractivity contribution in [2.75, 3.05) is 6.54 Å². The van der Waals surface area contributed by atoms with Crippen LogP contribution in [0, 0.1) is 0 Å². The van der Waals surface area contributed by atoms with Crippen molar-refractivity contribution in [1.29, 1.82) is 0 Å². The molecule has 0 saturated heterocycles. The van der Waals surface area contributed by atoms with Crippen molar-refractivity contribution >= 4 is 11.8 Å². The Balaban J connectivity index is 2.88. The van der Waals surface area contributed by atoms with Gasteiger partial charge in [0.2, 0.25) is 5.91 Å². The van der Waals surface area contributed by atoms with Crippen LogP contribution in [0.25, 0.3) is 0 Å². The van der Waals surface area contributed by atoms with Crippen molar-refractivity contribution in [3.8, 4) is 0 Å². The van der Waals surface area contributed by atoms with Crippen LogP contribution in [0.15, 0.2) is 24.3 Å². The molecule has 1 aromatic carbocycles. The molecule has 1 rings (SSSR count). The summed E-state index contributed by atoms with van der Waals surface area (Å²) in [4.78, 5) is 22.3. The maximum absolute atomic E-state index is 11.7. The second-order valence-corrected chi connectivity index (χ2v) is 4.36. The van der Waals surface area contributed by atoms with Crippen LogP contribution < -0.4 is 11.1 Å². The maximum Gasteiger partial charge on any atom is 0.251 e. The molecule has 1 aromatic rings. The summed E-state index contributed by atoms with van der Waals surface area (Å²) in [5.41, 5.74) is 5.03. The maximum atomic E-state index is 11.7. The van der Waals surface area contributed by atoms with E-state index in [-0.39, 0.29) is 12.5 Å². The van der Waals surface area contributed by atoms with Gasteiger partial charge in [-0.3, -0.25) is 9.59 Å². The summed E-state index contributed by atoms with van der Waals surface area (Å²) in [6.07, 6.45) is 0.541. The third-order valence-corrected chi connectivity index (χ3v) is 2.86. The molecule has 18 heavy (non-hydrogen) atoms. The van der Waals surface area contributed by atoms with Crippen LogP contribution in [-0.2, 0) is 10.4 Å². The van der Waals surface area contributed by atoms with Gasteiger partial charge in [-0.15, -0.1) is 0 Å². The Hall–Kier alpha value is -1.88. The van der Waals surface area contributed by atoms with E-state index in [9.17, 15) is 14.7 Å².